The van der Waals surface area contributed by atoms with E-state index in [1.807, 2.05) is 0 Å². The molecule has 198 valence electrons. The van der Waals surface area contributed by atoms with Crippen LogP contribution in [-0.2, 0) is 9.53 Å². The zero-order valence-electron chi connectivity index (χ0n) is 19.7. The van der Waals surface area contributed by atoms with Gasteiger partial charge in [-0.25, -0.2) is 4.79 Å². The standard InChI is InChI=1S/C24H27N3O10/c1-36-16-7-8-17(18(11-16)27(34)35)26-24(33)25-14-4-2-3-13(9-14)5-6-15(29)10-19-21(30)23(32)22(31)20(12-28)37-19/h2-9,11,19-23,28,30-32H,10,12H2,1H3,(H2,25,26,33)/b6-5+/t19-,20+,21-,22+,23+/m0/s1. The number of aliphatic hydroxyl groups excluding tert-OH is 4. The average molecular weight is 517 g/mol. The number of amides is 2. The molecular weight excluding hydrogens is 490 g/mol. The number of nitrogens with one attached hydrogen (secondary N) is 2. The second-order valence-corrected chi connectivity index (χ2v) is 8.22. The third kappa shape index (κ3) is 7.09. The van der Waals surface area contributed by atoms with Gasteiger partial charge in [-0.3, -0.25) is 14.9 Å². The third-order valence-electron chi connectivity index (χ3n) is 5.65. The Labute approximate surface area is 211 Å². The fourth-order valence-electron chi connectivity index (χ4n) is 3.70. The predicted molar refractivity (Wildman–Crippen MR) is 131 cm³/mol. The SMILES string of the molecule is COc1ccc(NC(=O)Nc2cccc(/C=C/C(=O)C[C@@H]3O[C@H](CO)[C@@H](O)[C@H](O)[C@H]3O)c2)c([N+](=O)[O-])c1. The topological polar surface area (TPSA) is 201 Å². The van der Waals surface area contributed by atoms with Crippen LogP contribution < -0.4 is 15.4 Å². The number of rotatable bonds is 9. The number of ether oxygens (including phenoxy) is 2. The number of aliphatic hydroxyl groups is 4. The van der Waals surface area contributed by atoms with E-state index in [9.17, 15) is 40.1 Å². The van der Waals surface area contributed by atoms with Crippen LogP contribution in [0.4, 0.5) is 21.9 Å². The van der Waals surface area contributed by atoms with Crippen LogP contribution in [0.25, 0.3) is 6.08 Å². The molecule has 0 unspecified atom stereocenters. The smallest absolute Gasteiger partial charge is 0.323 e. The summed E-state index contributed by atoms with van der Waals surface area (Å²) in [6, 6.07) is 9.68. The largest absolute Gasteiger partial charge is 0.496 e. The molecule has 6 N–H and O–H groups in total. The van der Waals surface area contributed by atoms with Crippen molar-refractivity contribution in [1.82, 2.24) is 0 Å². The van der Waals surface area contributed by atoms with Gasteiger partial charge in [0.25, 0.3) is 5.69 Å². The highest BCUT2D eigenvalue weighted by atomic mass is 16.6. The zero-order valence-corrected chi connectivity index (χ0v) is 19.7. The molecule has 13 heteroatoms. The van der Waals surface area contributed by atoms with Crippen molar-refractivity contribution in [3.05, 3.63) is 64.2 Å². The first kappa shape index (κ1) is 27.7. The Morgan fingerprint density at radius 2 is 1.81 bits per heavy atom. The number of ketones is 1. The monoisotopic (exact) mass is 517 g/mol. The van der Waals surface area contributed by atoms with E-state index in [0.29, 0.717) is 11.3 Å². The summed E-state index contributed by atoms with van der Waals surface area (Å²) in [6.45, 7) is -0.593. The number of allylic oxidation sites excluding steroid dienone is 1. The highest BCUT2D eigenvalue weighted by molar-refractivity contribution is 6.01. The molecular formula is C24H27N3O10. The molecule has 0 radical (unpaired) electrons. The molecule has 1 aliphatic heterocycles. The normalized spacial score (nSPS) is 23.4. The molecule has 0 aliphatic carbocycles. The van der Waals surface area contributed by atoms with Gasteiger partial charge in [0.1, 0.15) is 35.9 Å². The highest BCUT2D eigenvalue weighted by Crippen LogP contribution is 2.29. The molecule has 2 aromatic carbocycles. The van der Waals surface area contributed by atoms with E-state index in [-0.39, 0.29) is 23.5 Å². The first-order valence-corrected chi connectivity index (χ1v) is 11.1. The van der Waals surface area contributed by atoms with E-state index in [1.54, 1.807) is 24.3 Å². The molecule has 1 aliphatic rings. The van der Waals surface area contributed by atoms with Crippen molar-refractivity contribution < 1.29 is 44.4 Å². The summed E-state index contributed by atoms with van der Waals surface area (Å²) in [6.07, 6.45) is -4.43. The molecule has 5 atom stereocenters. The first-order valence-electron chi connectivity index (χ1n) is 11.1. The number of hydrogen-bond donors (Lipinski definition) is 6. The number of carbonyl (C=O) groups is 2. The van der Waals surface area contributed by atoms with Crippen LogP contribution in [0.1, 0.15) is 12.0 Å². The Kier molecular flexibility index (Phi) is 9.27. The van der Waals surface area contributed by atoms with E-state index < -0.39 is 53.9 Å². The number of nitro benzene ring substituents is 1. The van der Waals surface area contributed by atoms with Gasteiger partial charge in [0, 0.05) is 12.1 Å². The molecule has 1 saturated heterocycles. The quantitative estimate of drug-likeness (QED) is 0.159. The molecule has 37 heavy (non-hydrogen) atoms. The van der Waals surface area contributed by atoms with Crippen LogP contribution in [0.3, 0.4) is 0 Å². The second kappa shape index (κ2) is 12.4. The third-order valence-corrected chi connectivity index (χ3v) is 5.65. The summed E-state index contributed by atoms with van der Waals surface area (Å²) in [5.41, 5.74) is 0.509. The van der Waals surface area contributed by atoms with Gasteiger partial charge in [-0.15, -0.1) is 0 Å². The minimum Gasteiger partial charge on any atom is -0.496 e. The minimum absolute atomic E-state index is 0.0295. The minimum atomic E-state index is -1.57. The maximum atomic E-state index is 12.4. The number of methoxy groups -OCH3 is 1. The molecule has 2 amide bonds. The van der Waals surface area contributed by atoms with Crippen molar-refractivity contribution >= 4 is 35.0 Å². The van der Waals surface area contributed by atoms with Gasteiger partial charge in [-0.05, 0) is 35.9 Å². The number of nitro groups is 1. The first-order chi connectivity index (χ1) is 17.6. The molecule has 0 spiro atoms. The Hall–Kier alpha value is -3.88. The van der Waals surface area contributed by atoms with Crippen LogP contribution in [0.2, 0.25) is 0 Å². The number of nitrogens with zero attached hydrogens (tertiary/aromatic N) is 1. The van der Waals surface area contributed by atoms with Crippen LogP contribution in [0.15, 0.2) is 48.5 Å². The van der Waals surface area contributed by atoms with Crippen molar-refractivity contribution in [3.8, 4) is 5.75 Å². The van der Waals surface area contributed by atoms with E-state index in [4.69, 9.17) is 9.47 Å². The van der Waals surface area contributed by atoms with Crippen LogP contribution in [0, 0.1) is 10.1 Å². The number of urea groups is 1. The van der Waals surface area contributed by atoms with Gasteiger partial charge in [-0.1, -0.05) is 18.2 Å². The van der Waals surface area contributed by atoms with Crippen molar-refractivity contribution in [3.63, 3.8) is 0 Å². The molecule has 1 heterocycles. The van der Waals surface area contributed by atoms with E-state index in [0.717, 1.165) is 0 Å². The Bertz CT molecular complexity index is 1170. The molecule has 0 bridgehead atoms. The summed E-state index contributed by atoms with van der Waals surface area (Å²) in [5, 5.41) is 55.3. The van der Waals surface area contributed by atoms with E-state index in [2.05, 4.69) is 10.6 Å². The number of hydrogen-bond acceptors (Lipinski definition) is 10. The van der Waals surface area contributed by atoms with Crippen LogP contribution in [-0.4, -0.2) is 81.4 Å². The number of benzene rings is 2. The lowest BCUT2D eigenvalue weighted by molar-refractivity contribution is -0.384. The Morgan fingerprint density at radius 3 is 2.49 bits per heavy atom. The van der Waals surface area contributed by atoms with Crippen molar-refractivity contribution in [1.29, 1.82) is 0 Å². The van der Waals surface area contributed by atoms with E-state index >= 15 is 0 Å². The Balaban J connectivity index is 1.61. The van der Waals surface area contributed by atoms with E-state index in [1.165, 1.54) is 37.5 Å². The molecule has 1 fully saturated rings. The van der Waals surface area contributed by atoms with Gasteiger partial charge < -0.3 is 40.5 Å². The van der Waals surface area contributed by atoms with Crippen molar-refractivity contribution in [2.45, 2.75) is 36.9 Å². The maximum Gasteiger partial charge on any atom is 0.323 e. The van der Waals surface area contributed by atoms with Gasteiger partial charge in [0.05, 0.1) is 30.8 Å². The summed E-state index contributed by atoms with van der Waals surface area (Å²) in [5.74, 6) is -0.189. The molecule has 2 aromatic rings. The lowest BCUT2D eigenvalue weighted by Gasteiger charge is -2.39. The second-order valence-electron chi connectivity index (χ2n) is 8.22. The number of carbonyl (C=O) groups excluding carboxylic acids is 2. The predicted octanol–water partition coefficient (Wildman–Crippen LogP) is 1.06. The van der Waals surface area contributed by atoms with Gasteiger partial charge >= 0.3 is 6.03 Å². The van der Waals surface area contributed by atoms with Crippen molar-refractivity contribution in [2.24, 2.45) is 0 Å². The fraction of sp³-hybridized carbons (Fsp3) is 0.333. The zero-order chi connectivity index (χ0) is 27.1. The lowest BCUT2D eigenvalue weighted by Crippen LogP contribution is -2.58. The van der Waals surface area contributed by atoms with Crippen LogP contribution >= 0.6 is 0 Å². The van der Waals surface area contributed by atoms with Crippen molar-refractivity contribution in [2.75, 3.05) is 24.4 Å². The Morgan fingerprint density at radius 1 is 1.08 bits per heavy atom. The summed E-state index contributed by atoms with van der Waals surface area (Å²) >= 11 is 0. The summed E-state index contributed by atoms with van der Waals surface area (Å²) in [7, 11) is 1.36. The molecule has 0 aromatic heterocycles. The summed E-state index contributed by atoms with van der Waals surface area (Å²) in [4.78, 5) is 35.4. The molecule has 3 rings (SSSR count). The lowest BCUT2D eigenvalue weighted by atomic mass is 9.92. The summed E-state index contributed by atoms with van der Waals surface area (Å²) < 4.78 is 10.3. The van der Waals surface area contributed by atoms with Crippen LogP contribution in [0.5, 0.6) is 5.75 Å². The van der Waals surface area contributed by atoms with Gasteiger partial charge in [-0.2, -0.15) is 0 Å². The molecule has 13 nitrogen and oxygen atoms in total. The fourth-order valence-corrected chi connectivity index (χ4v) is 3.70. The highest BCUT2D eigenvalue weighted by Gasteiger charge is 2.43. The average Bonchev–Trinajstić information content (AvgIpc) is 2.88. The van der Waals surface area contributed by atoms with Gasteiger partial charge in [0.15, 0.2) is 5.78 Å². The van der Waals surface area contributed by atoms with Gasteiger partial charge in [0.2, 0.25) is 0 Å². The maximum absolute atomic E-state index is 12.4. The molecule has 0 saturated carbocycles. The number of anilines is 2.